The molecular formula is C10H11N3O3S. The molecule has 7 heteroatoms. The van der Waals surface area contributed by atoms with Crippen LogP contribution < -0.4 is 5.32 Å². The number of methoxy groups -OCH3 is 1. The first kappa shape index (κ1) is 11.7. The van der Waals surface area contributed by atoms with Gasteiger partial charge in [-0.2, -0.15) is 4.98 Å². The van der Waals surface area contributed by atoms with E-state index in [-0.39, 0.29) is 5.89 Å². The summed E-state index contributed by atoms with van der Waals surface area (Å²) in [6.07, 6.45) is 0. The zero-order chi connectivity index (χ0) is 12.1. The molecule has 0 radical (unpaired) electrons. The summed E-state index contributed by atoms with van der Waals surface area (Å²) < 4.78 is 9.69. The van der Waals surface area contributed by atoms with E-state index >= 15 is 0 Å². The number of amides is 1. The number of carbonyl (C=O) groups excluding carboxylic acids is 1. The first-order valence-electron chi connectivity index (χ1n) is 4.96. The van der Waals surface area contributed by atoms with Gasteiger partial charge in [0.25, 0.3) is 0 Å². The van der Waals surface area contributed by atoms with Crippen LogP contribution in [0.4, 0.5) is 0 Å². The molecule has 0 unspecified atom stereocenters. The topological polar surface area (TPSA) is 77.2 Å². The molecule has 17 heavy (non-hydrogen) atoms. The molecule has 1 N–H and O–H groups in total. The van der Waals surface area contributed by atoms with Gasteiger partial charge in [0.15, 0.2) is 0 Å². The average molecular weight is 253 g/mol. The van der Waals surface area contributed by atoms with E-state index in [1.54, 1.807) is 7.11 Å². The molecule has 0 saturated heterocycles. The molecule has 2 aromatic heterocycles. The normalized spacial score (nSPS) is 10.4. The Morgan fingerprint density at radius 1 is 1.65 bits per heavy atom. The molecular weight excluding hydrogens is 242 g/mol. The molecule has 0 saturated carbocycles. The molecule has 0 aliphatic heterocycles. The third kappa shape index (κ3) is 2.89. The number of hydrogen-bond acceptors (Lipinski definition) is 6. The van der Waals surface area contributed by atoms with E-state index in [1.165, 1.54) is 11.3 Å². The maximum atomic E-state index is 11.5. The van der Waals surface area contributed by atoms with Gasteiger partial charge in [-0.05, 0) is 11.4 Å². The summed E-state index contributed by atoms with van der Waals surface area (Å²) in [5.41, 5.74) is 0. The van der Waals surface area contributed by atoms with Gasteiger partial charge in [0, 0.05) is 13.7 Å². The zero-order valence-corrected chi connectivity index (χ0v) is 9.99. The van der Waals surface area contributed by atoms with E-state index < -0.39 is 5.91 Å². The monoisotopic (exact) mass is 253 g/mol. The van der Waals surface area contributed by atoms with Crippen molar-refractivity contribution in [1.29, 1.82) is 0 Å². The molecule has 0 aromatic carbocycles. The van der Waals surface area contributed by atoms with Crippen LogP contribution in [0.1, 0.15) is 10.7 Å². The lowest BCUT2D eigenvalue weighted by Crippen LogP contribution is -2.27. The number of nitrogens with one attached hydrogen (secondary N) is 1. The molecule has 2 rings (SSSR count). The number of nitrogens with zero attached hydrogens (tertiary/aromatic N) is 2. The molecule has 1 amide bonds. The van der Waals surface area contributed by atoms with Crippen LogP contribution in [0.3, 0.4) is 0 Å². The quantitative estimate of drug-likeness (QED) is 0.809. The van der Waals surface area contributed by atoms with Crippen molar-refractivity contribution in [2.75, 3.05) is 20.3 Å². The smallest absolute Gasteiger partial charge is 0.316 e. The van der Waals surface area contributed by atoms with Crippen molar-refractivity contribution in [2.45, 2.75) is 0 Å². The lowest BCUT2D eigenvalue weighted by Gasteiger charge is -1.99. The van der Waals surface area contributed by atoms with E-state index in [0.29, 0.717) is 19.0 Å². The van der Waals surface area contributed by atoms with Gasteiger partial charge in [0.05, 0.1) is 11.5 Å². The SMILES string of the molecule is COCCNC(=O)c1nc(-c2cccs2)no1. The second kappa shape index (κ2) is 5.55. The van der Waals surface area contributed by atoms with E-state index in [4.69, 9.17) is 9.26 Å². The predicted octanol–water partition coefficient (Wildman–Crippen LogP) is 1.17. The second-order valence-electron chi connectivity index (χ2n) is 3.15. The summed E-state index contributed by atoms with van der Waals surface area (Å²) >= 11 is 1.49. The van der Waals surface area contributed by atoms with Crippen LogP contribution in [0.25, 0.3) is 10.7 Å². The summed E-state index contributed by atoms with van der Waals surface area (Å²) in [4.78, 5) is 16.4. The summed E-state index contributed by atoms with van der Waals surface area (Å²) in [6.45, 7) is 0.851. The van der Waals surface area contributed by atoms with Gasteiger partial charge in [-0.3, -0.25) is 4.79 Å². The number of carbonyl (C=O) groups is 1. The summed E-state index contributed by atoms with van der Waals surface area (Å²) in [5.74, 6) is -0.00116. The Bertz CT molecular complexity index is 481. The fraction of sp³-hybridized carbons (Fsp3) is 0.300. The summed E-state index contributed by atoms with van der Waals surface area (Å²) in [6, 6.07) is 3.75. The van der Waals surface area contributed by atoms with Crippen LogP contribution >= 0.6 is 11.3 Å². The van der Waals surface area contributed by atoms with Crippen LogP contribution in [0.15, 0.2) is 22.0 Å². The van der Waals surface area contributed by atoms with Crippen molar-refractivity contribution in [3.8, 4) is 10.7 Å². The zero-order valence-electron chi connectivity index (χ0n) is 9.17. The van der Waals surface area contributed by atoms with Crippen molar-refractivity contribution in [2.24, 2.45) is 0 Å². The molecule has 0 spiro atoms. The van der Waals surface area contributed by atoms with Crippen LogP contribution in [0.5, 0.6) is 0 Å². The third-order valence-electron chi connectivity index (χ3n) is 1.95. The van der Waals surface area contributed by atoms with Gasteiger partial charge in [0.2, 0.25) is 5.82 Å². The first-order chi connectivity index (χ1) is 8.31. The number of hydrogen-bond donors (Lipinski definition) is 1. The average Bonchev–Trinajstić information content (AvgIpc) is 3.00. The maximum Gasteiger partial charge on any atom is 0.316 e. The van der Waals surface area contributed by atoms with Crippen molar-refractivity contribution < 1.29 is 14.1 Å². The fourth-order valence-electron chi connectivity index (χ4n) is 1.16. The Balaban J connectivity index is 2.01. The predicted molar refractivity (Wildman–Crippen MR) is 61.8 cm³/mol. The molecule has 2 aromatic rings. The number of aromatic nitrogens is 2. The lowest BCUT2D eigenvalue weighted by atomic mass is 10.4. The minimum Gasteiger partial charge on any atom is -0.383 e. The summed E-state index contributed by atoms with van der Waals surface area (Å²) in [7, 11) is 1.56. The Morgan fingerprint density at radius 3 is 3.24 bits per heavy atom. The van der Waals surface area contributed by atoms with Crippen molar-refractivity contribution >= 4 is 17.2 Å². The maximum absolute atomic E-state index is 11.5. The summed E-state index contributed by atoms with van der Waals surface area (Å²) in [5, 5.41) is 8.25. The van der Waals surface area contributed by atoms with Crippen LogP contribution in [-0.2, 0) is 4.74 Å². The second-order valence-corrected chi connectivity index (χ2v) is 4.10. The van der Waals surface area contributed by atoms with Crippen molar-refractivity contribution in [3.05, 3.63) is 23.4 Å². The minimum atomic E-state index is -0.391. The Labute approximate surface area is 102 Å². The van der Waals surface area contributed by atoms with Crippen LogP contribution in [-0.4, -0.2) is 36.3 Å². The highest BCUT2D eigenvalue weighted by Crippen LogP contribution is 2.20. The molecule has 0 bridgehead atoms. The van der Waals surface area contributed by atoms with Crippen molar-refractivity contribution in [3.63, 3.8) is 0 Å². The molecule has 90 valence electrons. The standard InChI is InChI=1S/C10H11N3O3S/c1-15-5-4-11-9(14)10-12-8(13-16-10)7-3-2-6-17-7/h2-3,6H,4-5H2,1H3,(H,11,14). The highest BCUT2D eigenvalue weighted by atomic mass is 32.1. The Hall–Kier alpha value is -1.73. The lowest BCUT2D eigenvalue weighted by molar-refractivity contribution is 0.0893. The third-order valence-corrected chi connectivity index (χ3v) is 2.82. The minimum absolute atomic E-state index is 0.0375. The molecule has 0 aliphatic rings. The van der Waals surface area contributed by atoms with E-state index in [2.05, 4.69) is 15.5 Å². The van der Waals surface area contributed by atoms with Crippen LogP contribution in [0, 0.1) is 0 Å². The number of thiophene rings is 1. The Morgan fingerprint density at radius 2 is 2.53 bits per heavy atom. The molecule has 0 fully saturated rings. The van der Waals surface area contributed by atoms with E-state index in [0.717, 1.165) is 4.88 Å². The molecule has 2 heterocycles. The van der Waals surface area contributed by atoms with E-state index in [1.807, 2.05) is 17.5 Å². The highest BCUT2D eigenvalue weighted by molar-refractivity contribution is 7.13. The van der Waals surface area contributed by atoms with Crippen LogP contribution in [0.2, 0.25) is 0 Å². The molecule has 0 aliphatic carbocycles. The Kier molecular flexibility index (Phi) is 3.84. The van der Waals surface area contributed by atoms with E-state index in [9.17, 15) is 4.79 Å². The largest absolute Gasteiger partial charge is 0.383 e. The highest BCUT2D eigenvalue weighted by Gasteiger charge is 2.15. The first-order valence-corrected chi connectivity index (χ1v) is 5.84. The van der Waals surface area contributed by atoms with Gasteiger partial charge >= 0.3 is 11.8 Å². The molecule has 6 nitrogen and oxygen atoms in total. The molecule has 0 atom stereocenters. The van der Waals surface area contributed by atoms with Gasteiger partial charge in [-0.1, -0.05) is 11.2 Å². The number of rotatable bonds is 5. The van der Waals surface area contributed by atoms with Gasteiger partial charge in [0.1, 0.15) is 0 Å². The fourth-order valence-corrected chi connectivity index (χ4v) is 1.81. The van der Waals surface area contributed by atoms with Gasteiger partial charge in [-0.15, -0.1) is 11.3 Å². The van der Waals surface area contributed by atoms with Gasteiger partial charge < -0.3 is 14.6 Å². The number of ether oxygens (including phenoxy) is 1. The van der Waals surface area contributed by atoms with Gasteiger partial charge in [-0.25, -0.2) is 0 Å². The van der Waals surface area contributed by atoms with Crippen molar-refractivity contribution in [1.82, 2.24) is 15.5 Å².